The molecule has 3 aliphatic heterocycles. The van der Waals surface area contributed by atoms with E-state index in [4.69, 9.17) is 21.1 Å². The molecule has 250 valence electrons. The Morgan fingerprint density at radius 1 is 0.979 bits per heavy atom. The summed E-state index contributed by atoms with van der Waals surface area (Å²) in [6.07, 6.45) is 2.87. The molecule has 2 fully saturated rings. The zero-order chi connectivity index (χ0) is 33.5. The Bertz CT molecular complexity index is 1750. The second-order valence-corrected chi connectivity index (χ2v) is 14.8. The number of hydrogen-bond acceptors (Lipinski definition) is 9. The quantitative estimate of drug-likeness (QED) is 0.351. The summed E-state index contributed by atoms with van der Waals surface area (Å²) < 4.78 is 41.2. The maximum Gasteiger partial charge on any atom is 0.411 e. The van der Waals surface area contributed by atoms with Crippen molar-refractivity contribution >= 4 is 39.3 Å². The third-order valence-corrected chi connectivity index (χ3v) is 11.4. The minimum atomic E-state index is -4.48. The van der Waals surface area contributed by atoms with Gasteiger partial charge in [0.25, 0.3) is 21.5 Å². The SMILES string of the molecule is COc1ncccc1C1(OC(=O)N2CCN(C3CCN(C)CC3)CC2)C(=O)N(S(=O)(=O)c2ccc(C(C)C)cc2)c2ccc(Cl)cc21. The number of anilines is 1. The zero-order valence-electron chi connectivity index (χ0n) is 27.1. The summed E-state index contributed by atoms with van der Waals surface area (Å²) in [6, 6.07) is 14.4. The van der Waals surface area contributed by atoms with Gasteiger partial charge >= 0.3 is 6.09 Å². The number of likely N-dealkylation sites (tertiary alicyclic amines) is 1. The van der Waals surface area contributed by atoms with Gasteiger partial charge in [-0.2, -0.15) is 4.31 Å². The van der Waals surface area contributed by atoms with E-state index in [-0.39, 0.29) is 38.5 Å². The fourth-order valence-corrected chi connectivity index (χ4v) is 8.39. The highest BCUT2D eigenvalue weighted by Gasteiger charge is 2.61. The average Bonchev–Trinajstić information content (AvgIpc) is 3.32. The van der Waals surface area contributed by atoms with Crippen LogP contribution in [0.4, 0.5) is 10.5 Å². The number of amides is 2. The third kappa shape index (κ3) is 5.96. The normalized spacial score (nSPS) is 21.3. The van der Waals surface area contributed by atoms with E-state index in [9.17, 15) is 18.0 Å². The topological polar surface area (TPSA) is 113 Å². The largest absolute Gasteiger partial charge is 0.481 e. The van der Waals surface area contributed by atoms with Gasteiger partial charge in [0.2, 0.25) is 5.88 Å². The summed E-state index contributed by atoms with van der Waals surface area (Å²) in [5, 5.41) is 0.229. The summed E-state index contributed by atoms with van der Waals surface area (Å²) in [5.41, 5.74) is -1.10. The van der Waals surface area contributed by atoms with Crippen molar-refractivity contribution in [1.82, 2.24) is 19.7 Å². The summed E-state index contributed by atoms with van der Waals surface area (Å²) in [5.74, 6) is -0.807. The average molecular weight is 682 g/mol. The van der Waals surface area contributed by atoms with Crippen molar-refractivity contribution in [2.75, 3.05) is 57.7 Å². The lowest BCUT2D eigenvalue weighted by atomic mass is 9.87. The molecule has 1 atom stereocenters. The monoisotopic (exact) mass is 681 g/mol. The minimum Gasteiger partial charge on any atom is -0.481 e. The van der Waals surface area contributed by atoms with Crippen molar-refractivity contribution in [3.05, 3.63) is 82.5 Å². The number of rotatable bonds is 7. The number of methoxy groups -OCH3 is 1. The Hall–Kier alpha value is -3.71. The maximum absolute atomic E-state index is 14.9. The lowest BCUT2D eigenvalue weighted by Crippen LogP contribution is -2.55. The molecule has 11 nitrogen and oxygen atoms in total. The Balaban J connectivity index is 1.39. The molecule has 0 N–H and O–H groups in total. The molecule has 4 heterocycles. The number of halogens is 1. The molecular formula is C34H40ClN5O6S. The van der Waals surface area contributed by atoms with Crippen LogP contribution in [-0.2, 0) is 25.2 Å². The first kappa shape index (κ1) is 33.2. The first-order valence-corrected chi connectivity index (χ1v) is 17.7. The first-order valence-electron chi connectivity index (χ1n) is 15.9. The van der Waals surface area contributed by atoms with Crippen LogP contribution in [0.3, 0.4) is 0 Å². The number of fused-ring (bicyclic) bond motifs is 1. The Morgan fingerprint density at radius 2 is 1.66 bits per heavy atom. The summed E-state index contributed by atoms with van der Waals surface area (Å²) in [7, 11) is -0.967. The Kier molecular flexibility index (Phi) is 9.23. The van der Waals surface area contributed by atoms with E-state index in [0.717, 1.165) is 31.5 Å². The first-order chi connectivity index (χ1) is 22.5. The van der Waals surface area contributed by atoms with Gasteiger partial charge in [0.1, 0.15) is 0 Å². The van der Waals surface area contributed by atoms with Gasteiger partial charge in [-0.1, -0.05) is 37.6 Å². The predicted molar refractivity (Wildman–Crippen MR) is 178 cm³/mol. The molecule has 1 unspecified atom stereocenters. The zero-order valence-corrected chi connectivity index (χ0v) is 28.6. The fourth-order valence-electron chi connectivity index (χ4n) is 6.76. The number of nitrogens with zero attached hydrogens (tertiary/aromatic N) is 5. The van der Waals surface area contributed by atoms with Crippen molar-refractivity contribution in [2.45, 2.75) is 49.1 Å². The standard InChI is InChI=1S/C34H40ClN5O6S/c1-23(2)24-7-10-27(11-8-24)47(43,44)40-30-12-9-25(35)22-29(30)34(32(40)41,28-6-5-15-36-31(28)45-4)46-33(42)39-20-18-38(19-21-39)26-13-16-37(3)17-14-26/h5-12,15,22-23,26H,13-14,16-21H2,1-4H3. The van der Waals surface area contributed by atoms with E-state index in [2.05, 4.69) is 21.8 Å². The molecule has 3 aromatic rings. The summed E-state index contributed by atoms with van der Waals surface area (Å²) in [6.45, 7) is 8.20. The van der Waals surface area contributed by atoms with E-state index >= 15 is 0 Å². The van der Waals surface area contributed by atoms with E-state index in [0.29, 0.717) is 36.5 Å². The highest BCUT2D eigenvalue weighted by atomic mass is 35.5. The van der Waals surface area contributed by atoms with Gasteiger partial charge in [-0.15, -0.1) is 0 Å². The molecule has 0 radical (unpaired) electrons. The Labute approximate surface area is 281 Å². The second kappa shape index (κ2) is 13.1. The van der Waals surface area contributed by atoms with E-state index < -0.39 is 27.6 Å². The summed E-state index contributed by atoms with van der Waals surface area (Å²) in [4.78, 5) is 39.5. The molecule has 6 rings (SSSR count). The van der Waals surface area contributed by atoms with Crippen LogP contribution in [0.15, 0.2) is 65.7 Å². The maximum atomic E-state index is 14.9. The molecule has 0 bridgehead atoms. The van der Waals surface area contributed by atoms with Crippen molar-refractivity contribution in [2.24, 2.45) is 0 Å². The number of piperazine rings is 1. The van der Waals surface area contributed by atoms with Crippen molar-refractivity contribution in [3.8, 4) is 5.88 Å². The smallest absolute Gasteiger partial charge is 0.411 e. The molecule has 47 heavy (non-hydrogen) atoms. The van der Waals surface area contributed by atoms with Crippen LogP contribution in [0.25, 0.3) is 0 Å². The minimum absolute atomic E-state index is 0.00666. The number of benzene rings is 2. The van der Waals surface area contributed by atoms with Gasteiger partial charge in [-0.05, 0) is 86.9 Å². The van der Waals surface area contributed by atoms with Crippen LogP contribution in [0, 0.1) is 0 Å². The van der Waals surface area contributed by atoms with Crippen molar-refractivity contribution in [3.63, 3.8) is 0 Å². The number of pyridine rings is 1. The van der Waals surface area contributed by atoms with Crippen LogP contribution in [-0.4, -0.2) is 99.6 Å². The van der Waals surface area contributed by atoms with Gasteiger partial charge in [0.15, 0.2) is 0 Å². The van der Waals surface area contributed by atoms with Crippen LogP contribution < -0.4 is 9.04 Å². The molecule has 2 amide bonds. The molecule has 0 saturated carbocycles. The number of hydrogen-bond donors (Lipinski definition) is 0. The predicted octanol–water partition coefficient (Wildman–Crippen LogP) is 4.69. The lowest BCUT2D eigenvalue weighted by Gasteiger charge is -2.42. The van der Waals surface area contributed by atoms with Gasteiger partial charge in [-0.3, -0.25) is 9.69 Å². The summed E-state index contributed by atoms with van der Waals surface area (Å²) >= 11 is 6.48. The van der Waals surface area contributed by atoms with Crippen LogP contribution in [0.1, 0.15) is 49.3 Å². The van der Waals surface area contributed by atoms with Crippen molar-refractivity contribution < 1.29 is 27.5 Å². The highest BCUT2D eigenvalue weighted by molar-refractivity contribution is 7.93. The Morgan fingerprint density at radius 3 is 2.30 bits per heavy atom. The van der Waals surface area contributed by atoms with Crippen LogP contribution in [0.5, 0.6) is 5.88 Å². The van der Waals surface area contributed by atoms with Gasteiger partial charge in [0, 0.05) is 49.0 Å². The van der Waals surface area contributed by atoms with E-state index in [1.54, 1.807) is 29.2 Å². The number of ether oxygens (including phenoxy) is 2. The van der Waals surface area contributed by atoms with Gasteiger partial charge in [-0.25, -0.2) is 18.2 Å². The number of carbonyl (C=O) groups excluding carboxylic acids is 2. The van der Waals surface area contributed by atoms with Crippen LogP contribution in [0.2, 0.25) is 5.02 Å². The van der Waals surface area contributed by atoms with E-state index in [1.807, 2.05) is 13.8 Å². The number of sulfonamides is 1. The number of aromatic nitrogens is 1. The van der Waals surface area contributed by atoms with Gasteiger partial charge in [0.05, 0.1) is 23.3 Å². The highest BCUT2D eigenvalue weighted by Crippen LogP contribution is 2.52. The van der Waals surface area contributed by atoms with Gasteiger partial charge < -0.3 is 19.3 Å². The molecular weight excluding hydrogens is 642 g/mol. The molecule has 0 spiro atoms. The second-order valence-electron chi connectivity index (χ2n) is 12.6. The molecule has 2 saturated heterocycles. The number of piperidine rings is 1. The molecule has 1 aromatic heterocycles. The molecule has 13 heteroatoms. The van der Waals surface area contributed by atoms with Crippen LogP contribution >= 0.6 is 11.6 Å². The fraction of sp³-hybridized carbons (Fsp3) is 0.441. The van der Waals surface area contributed by atoms with E-state index in [1.165, 1.54) is 43.6 Å². The van der Waals surface area contributed by atoms with Crippen molar-refractivity contribution in [1.29, 1.82) is 0 Å². The number of carbonyl (C=O) groups is 2. The molecule has 2 aromatic carbocycles. The molecule has 0 aliphatic carbocycles. The molecule has 3 aliphatic rings. The lowest BCUT2D eigenvalue weighted by molar-refractivity contribution is -0.132. The third-order valence-electron chi connectivity index (χ3n) is 9.49.